The van der Waals surface area contributed by atoms with Gasteiger partial charge in [0, 0.05) is 13.1 Å². The van der Waals surface area contributed by atoms with E-state index in [4.69, 9.17) is 9.47 Å². The molecule has 1 atom stereocenters. The Morgan fingerprint density at radius 1 is 1.24 bits per heavy atom. The summed E-state index contributed by atoms with van der Waals surface area (Å²) in [5, 5.41) is 0. The first-order valence-corrected chi connectivity index (χ1v) is 7.05. The number of hydrogen-bond donors (Lipinski definition) is 0. The molecule has 5 heteroatoms. The number of carbonyl (C=O) groups excluding carboxylic acids is 2. The predicted octanol–water partition coefficient (Wildman–Crippen LogP) is 1.81. The lowest BCUT2D eigenvalue weighted by atomic mass is 10.0. The molecule has 1 unspecified atom stereocenters. The van der Waals surface area contributed by atoms with Crippen LogP contribution < -0.4 is 0 Å². The molecule has 0 spiro atoms. The number of ether oxygens (including phenoxy) is 2. The highest BCUT2D eigenvalue weighted by Crippen LogP contribution is 2.38. The Hall–Kier alpha value is -2.30. The van der Waals surface area contributed by atoms with Crippen molar-refractivity contribution < 1.29 is 19.1 Å². The highest BCUT2D eigenvalue weighted by atomic mass is 16.6. The number of cyclic esters (lactones) is 1. The highest BCUT2D eigenvalue weighted by molar-refractivity contribution is 6.04. The van der Waals surface area contributed by atoms with Gasteiger partial charge in [-0.05, 0) is 18.4 Å². The van der Waals surface area contributed by atoms with Crippen molar-refractivity contribution in [3.8, 4) is 0 Å². The second kappa shape index (κ2) is 5.60. The molecule has 2 aliphatic heterocycles. The molecule has 0 bridgehead atoms. The van der Waals surface area contributed by atoms with E-state index < -0.39 is 18.0 Å². The largest absolute Gasteiger partial charge is 0.465 e. The number of nitrogens with zero attached hydrogens (tertiary/aromatic N) is 1. The van der Waals surface area contributed by atoms with Gasteiger partial charge < -0.3 is 14.4 Å². The number of hydrogen-bond acceptors (Lipinski definition) is 5. The molecular formula is C16H17NO4. The van der Waals surface area contributed by atoms with Gasteiger partial charge in [0.1, 0.15) is 11.3 Å². The average Bonchev–Trinajstić information content (AvgIpc) is 3.14. The molecule has 2 aliphatic rings. The fourth-order valence-corrected chi connectivity index (χ4v) is 2.87. The molecule has 1 fully saturated rings. The topological polar surface area (TPSA) is 55.8 Å². The van der Waals surface area contributed by atoms with Gasteiger partial charge in [-0.15, -0.1) is 0 Å². The quantitative estimate of drug-likeness (QED) is 0.794. The van der Waals surface area contributed by atoms with Crippen molar-refractivity contribution in [2.75, 3.05) is 20.2 Å². The maximum atomic E-state index is 12.2. The van der Waals surface area contributed by atoms with E-state index in [0.717, 1.165) is 31.5 Å². The second-order valence-corrected chi connectivity index (χ2v) is 5.14. The van der Waals surface area contributed by atoms with Crippen molar-refractivity contribution >= 4 is 11.9 Å². The number of esters is 2. The molecule has 1 aromatic rings. The summed E-state index contributed by atoms with van der Waals surface area (Å²) in [7, 11) is 1.32. The van der Waals surface area contributed by atoms with Crippen LogP contribution in [0.15, 0.2) is 41.6 Å². The van der Waals surface area contributed by atoms with Crippen LogP contribution in [0.1, 0.15) is 24.5 Å². The van der Waals surface area contributed by atoms with Crippen LogP contribution in [0.3, 0.4) is 0 Å². The van der Waals surface area contributed by atoms with E-state index in [1.807, 2.05) is 35.2 Å². The summed E-state index contributed by atoms with van der Waals surface area (Å²) in [6.07, 6.45) is 1.35. The average molecular weight is 287 g/mol. The monoisotopic (exact) mass is 287 g/mol. The molecule has 5 nitrogen and oxygen atoms in total. The summed E-state index contributed by atoms with van der Waals surface area (Å²) < 4.78 is 10.3. The van der Waals surface area contributed by atoms with Crippen LogP contribution >= 0.6 is 0 Å². The SMILES string of the molecule is COC(=O)C1=C(N2CCCC2)C(=O)OC1c1ccccc1. The lowest BCUT2D eigenvalue weighted by Gasteiger charge is -2.17. The minimum absolute atomic E-state index is 0.315. The Labute approximate surface area is 123 Å². The molecule has 0 N–H and O–H groups in total. The van der Waals surface area contributed by atoms with Crippen LogP contribution in [0.4, 0.5) is 0 Å². The molecular weight excluding hydrogens is 270 g/mol. The lowest BCUT2D eigenvalue weighted by Crippen LogP contribution is -2.25. The third-order valence-corrected chi connectivity index (χ3v) is 3.87. The summed E-state index contributed by atoms with van der Waals surface area (Å²) in [5.41, 5.74) is 1.46. The minimum atomic E-state index is -0.679. The van der Waals surface area contributed by atoms with Crippen molar-refractivity contribution in [2.45, 2.75) is 18.9 Å². The van der Waals surface area contributed by atoms with Gasteiger partial charge in [0.25, 0.3) is 0 Å². The Kier molecular flexibility index (Phi) is 3.64. The molecule has 1 aromatic carbocycles. The van der Waals surface area contributed by atoms with Crippen molar-refractivity contribution in [1.29, 1.82) is 0 Å². The summed E-state index contributed by atoms with van der Waals surface area (Å²) >= 11 is 0. The minimum Gasteiger partial charge on any atom is -0.465 e. The van der Waals surface area contributed by atoms with E-state index in [1.54, 1.807) is 0 Å². The normalized spacial score (nSPS) is 21.7. The maximum absolute atomic E-state index is 12.2. The Morgan fingerprint density at radius 2 is 1.90 bits per heavy atom. The van der Waals surface area contributed by atoms with Gasteiger partial charge >= 0.3 is 11.9 Å². The first kappa shape index (κ1) is 13.7. The van der Waals surface area contributed by atoms with Crippen LogP contribution in [0.2, 0.25) is 0 Å². The fraction of sp³-hybridized carbons (Fsp3) is 0.375. The van der Waals surface area contributed by atoms with Crippen molar-refractivity contribution in [3.05, 3.63) is 47.2 Å². The molecule has 2 heterocycles. The van der Waals surface area contributed by atoms with E-state index >= 15 is 0 Å². The number of rotatable bonds is 3. The zero-order chi connectivity index (χ0) is 14.8. The Balaban J connectivity index is 2.05. The van der Waals surface area contributed by atoms with Gasteiger partial charge in [0.15, 0.2) is 6.10 Å². The van der Waals surface area contributed by atoms with Crippen LogP contribution in [0.25, 0.3) is 0 Å². The molecule has 21 heavy (non-hydrogen) atoms. The van der Waals surface area contributed by atoms with Gasteiger partial charge in [-0.25, -0.2) is 9.59 Å². The van der Waals surface area contributed by atoms with E-state index in [0.29, 0.717) is 11.3 Å². The summed E-state index contributed by atoms with van der Waals surface area (Å²) in [5.74, 6) is -0.942. The number of methoxy groups -OCH3 is 1. The molecule has 0 aliphatic carbocycles. The first-order valence-electron chi connectivity index (χ1n) is 7.05. The molecule has 0 radical (unpaired) electrons. The number of likely N-dealkylation sites (tertiary alicyclic amines) is 1. The third kappa shape index (κ3) is 2.39. The van der Waals surface area contributed by atoms with E-state index in [1.165, 1.54) is 7.11 Å². The standard InChI is InChI=1S/C16H17NO4/c1-20-15(18)12-13(17-9-5-6-10-17)16(19)21-14(12)11-7-3-2-4-8-11/h2-4,7-8,14H,5-6,9-10H2,1H3. The fourth-order valence-electron chi connectivity index (χ4n) is 2.87. The highest BCUT2D eigenvalue weighted by Gasteiger charge is 2.42. The van der Waals surface area contributed by atoms with Gasteiger partial charge in [-0.1, -0.05) is 30.3 Å². The zero-order valence-electron chi connectivity index (χ0n) is 11.9. The maximum Gasteiger partial charge on any atom is 0.356 e. The second-order valence-electron chi connectivity index (χ2n) is 5.14. The molecule has 0 aromatic heterocycles. The van der Waals surface area contributed by atoms with Crippen LogP contribution in [0, 0.1) is 0 Å². The summed E-state index contributed by atoms with van der Waals surface area (Å²) in [6, 6.07) is 9.27. The smallest absolute Gasteiger partial charge is 0.356 e. The van der Waals surface area contributed by atoms with Gasteiger partial charge in [-0.3, -0.25) is 0 Å². The Bertz CT molecular complexity index is 588. The van der Waals surface area contributed by atoms with Crippen molar-refractivity contribution in [1.82, 2.24) is 4.90 Å². The van der Waals surface area contributed by atoms with Crippen LogP contribution in [-0.4, -0.2) is 37.0 Å². The van der Waals surface area contributed by atoms with E-state index in [-0.39, 0.29) is 0 Å². The van der Waals surface area contributed by atoms with Gasteiger partial charge in [0.05, 0.1) is 7.11 Å². The van der Waals surface area contributed by atoms with Crippen molar-refractivity contribution in [2.24, 2.45) is 0 Å². The van der Waals surface area contributed by atoms with Gasteiger partial charge in [0.2, 0.25) is 0 Å². The van der Waals surface area contributed by atoms with Gasteiger partial charge in [-0.2, -0.15) is 0 Å². The van der Waals surface area contributed by atoms with Crippen LogP contribution in [-0.2, 0) is 19.1 Å². The lowest BCUT2D eigenvalue weighted by molar-refractivity contribution is -0.142. The number of benzene rings is 1. The zero-order valence-corrected chi connectivity index (χ0v) is 11.9. The molecule has 0 saturated carbocycles. The third-order valence-electron chi connectivity index (χ3n) is 3.87. The van der Waals surface area contributed by atoms with Crippen LogP contribution in [0.5, 0.6) is 0 Å². The van der Waals surface area contributed by atoms with Crippen molar-refractivity contribution in [3.63, 3.8) is 0 Å². The summed E-state index contributed by atoms with van der Waals surface area (Å²) in [6.45, 7) is 1.54. The molecule has 110 valence electrons. The Morgan fingerprint density at radius 3 is 2.52 bits per heavy atom. The molecule has 3 rings (SSSR count). The summed E-state index contributed by atoms with van der Waals surface area (Å²) in [4.78, 5) is 26.3. The van der Waals surface area contributed by atoms with E-state index in [9.17, 15) is 9.59 Å². The first-order chi connectivity index (χ1) is 10.2. The van der Waals surface area contributed by atoms with E-state index in [2.05, 4.69) is 0 Å². The number of carbonyl (C=O) groups is 2. The molecule has 0 amide bonds. The predicted molar refractivity (Wildman–Crippen MR) is 75.1 cm³/mol. The molecule has 1 saturated heterocycles.